The Bertz CT molecular complexity index is 951. The number of aromatic amines is 1. The number of hydrogen-bond donors (Lipinski definition) is 3. The molecule has 0 aliphatic heterocycles. The minimum Gasteiger partial charge on any atom is -0.489 e. The monoisotopic (exact) mass is 359 g/mol. The van der Waals surface area contributed by atoms with Gasteiger partial charge in [-0.2, -0.15) is 0 Å². The molecule has 4 N–H and O–H groups in total. The van der Waals surface area contributed by atoms with Crippen molar-refractivity contribution >= 4 is 16.7 Å². The minimum absolute atomic E-state index is 0.158. The summed E-state index contributed by atoms with van der Waals surface area (Å²) in [7, 11) is 0. The van der Waals surface area contributed by atoms with E-state index in [-0.39, 0.29) is 11.8 Å². The molecule has 1 fully saturated rings. The number of fused-ring (bicyclic) bond motifs is 1. The zero-order valence-electron chi connectivity index (χ0n) is 14.0. The number of benzene rings is 1. The minimum atomic E-state index is -1.52. The molecule has 7 heteroatoms. The van der Waals surface area contributed by atoms with Crippen molar-refractivity contribution in [3.63, 3.8) is 0 Å². The summed E-state index contributed by atoms with van der Waals surface area (Å²) in [6, 6.07) is 3.90. The second-order valence-electron chi connectivity index (χ2n) is 6.60. The summed E-state index contributed by atoms with van der Waals surface area (Å²) >= 11 is 0. The van der Waals surface area contributed by atoms with Gasteiger partial charge >= 0.3 is 0 Å². The SMILES string of the molecule is Nc1ccc(F)c(C(O)c2c[nH]c3ncc(OC4CCCC4)cc23)c1F. The summed E-state index contributed by atoms with van der Waals surface area (Å²) in [4.78, 5) is 7.19. The van der Waals surface area contributed by atoms with Crippen LogP contribution < -0.4 is 10.5 Å². The number of aliphatic hydroxyl groups excluding tert-OH is 1. The molecule has 2 heterocycles. The maximum absolute atomic E-state index is 14.3. The highest BCUT2D eigenvalue weighted by Crippen LogP contribution is 2.34. The molecule has 3 aromatic rings. The summed E-state index contributed by atoms with van der Waals surface area (Å²) in [6.45, 7) is 0. The van der Waals surface area contributed by atoms with Crippen molar-refractivity contribution in [2.75, 3.05) is 5.73 Å². The maximum Gasteiger partial charge on any atom is 0.155 e. The highest BCUT2D eigenvalue weighted by molar-refractivity contribution is 5.82. The number of nitrogens with one attached hydrogen (secondary N) is 1. The zero-order chi connectivity index (χ0) is 18.3. The van der Waals surface area contributed by atoms with E-state index in [0.29, 0.717) is 22.3 Å². The Morgan fingerprint density at radius 1 is 1.27 bits per heavy atom. The van der Waals surface area contributed by atoms with Gasteiger partial charge in [-0.15, -0.1) is 0 Å². The first-order chi connectivity index (χ1) is 12.5. The first-order valence-electron chi connectivity index (χ1n) is 8.59. The Balaban J connectivity index is 1.73. The quantitative estimate of drug-likeness (QED) is 0.618. The lowest BCUT2D eigenvalue weighted by Gasteiger charge is -2.15. The van der Waals surface area contributed by atoms with Gasteiger partial charge in [0.1, 0.15) is 23.3 Å². The number of H-pyrrole nitrogens is 1. The van der Waals surface area contributed by atoms with E-state index < -0.39 is 23.3 Å². The summed E-state index contributed by atoms with van der Waals surface area (Å²) in [5.41, 5.74) is 5.63. The fourth-order valence-corrected chi connectivity index (χ4v) is 3.49. The molecule has 0 spiro atoms. The number of anilines is 1. The van der Waals surface area contributed by atoms with Gasteiger partial charge in [0.25, 0.3) is 0 Å². The van der Waals surface area contributed by atoms with Crippen LogP contribution in [-0.4, -0.2) is 21.2 Å². The van der Waals surface area contributed by atoms with Crippen molar-refractivity contribution < 1.29 is 18.6 Å². The Labute approximate surface area is 148 Å². The summed E-state index contributed by atoms with van der Waals surface area (Å²) in [6.07, 6.45) is 6.02. The second-order valence-corrected chi connectivity index (χ2v) is 6.60. The van der Waals surface area contributed by atoms with Crippen molar-refractivity contribution in [2.24, 2.45) is 0 Å². The molecule has 1 aliphatic rings. The molecule has 1 aromatic carbocycles. The topological polar surface area (TPSA) is 84.2 Å². The fourth-order valence-electron chi connectivity index (χ4n) is 3.49. The van der Waals surface area contributed by atoms with E-state index >= 15 is 0 Å². The molecule has 0 radical (unpaired) electrons. The van der Waals surface area contributed by atoms with Crippen molar-refractivity contribution in [3.05, 3.63) is 53.4 Å². The van der Waals surface area contributed by atoms with E-state index in [2.05, 4.69) is 9.97 Å². The number of nitrogens with zero attached hydrogens (tertiary/aromatic N) is 1. The van der Waals surface area contributed by atoms with Gasteiger partial charge in [-0.05, 0) is 43.9 Å². The number of ether oxygens (including phenoxy) is 1. The average molecular weight is 359 g/mol. The van der Waals surface area contributed by atoms with Crippen LogP contribution in [0, 0.1) is 11.6 Å². The molecular formula is C19H19F2N3O2. The number of halogens is 2. The van der Waals surface area contributed by atoms with Crippen molar-refractivity contribution in [1.82, 2.24) is 9.97 Å². The second kappa shape index (κ2) is 6.57. The van der Waals surface area contributed by atoms with Crippen LogP contribution in [0.4, 0.5) is 14.5 Å². The van der Waals surface area contributed by atoms with Gasteiger partial charge in [-0.3, -0.25) is 0 Å². The van der Waals surface area contributed by atoms with Gasteiger partial charge in [0.2, 0.25) is 0 Å². The normalized spacial score (nSPS) is 16.3. The van der Waals surface area contributed by atoms with E-state index in [1.807, 2.05) is 0 Å². The Morgan fingerprint density at radius 2 is 2.04 bits per heavy atom. The van der Waals surface area contributed by atoms with Gasteiger partial charge in [0, 0.05) is 17.1 Å². The summed E-state index contributed by atoms with van der Waals surface area (Å²) in [5, 5.41) is 11.2. The van der Waals surface area contributed by atoms with E-state index in [0.717, 1.165) is 37.8 Å². The molecule has 1 saturated carbocycles. The van der Waals surface area contributed by atoms with Crippen LogP contribution in [0.1, 0.15) is 42.9 Å². The van der Waals surface area contributed by atoms with Gasteiger partial charge in [-0.1, -0.05) is 0 Å². The number of rotatable bonds is 4. The third-order valence-corrected chi connectivity index (χ3v) is 4.87. The third kappa shape index (κ3) is 2.88. The number of hydrogen-bond acceptors (Lipinski definition) is 4. The number of pyridine rings is 1. The molecule has 0 saturated heterocycles. The lowest BCUT2D eigenvalue weighted by atomic mass is 10.00. The molecule has 1 unspecified atom stereocenters. The fraction of sp³-hybridized carbons (Fsp3) is 0.316. The zero-order valence-corrected chi connectivity index (χ0v) is 14.0. The lowest BCUT2D eigenvalue weighted by Crippen LogP contribution is -2.11. The Morgan fingerprint density at radius 3 is 2.81 bits per heavy atom. The van der Waals surface area contributed by atoms with Crippen LogP contribution in [-0.2, 0) is 0 Å². The van der Waals surface area contributed by atoms with Crippen LogP contribution in [0.3, 0.4) is 0 Å². The van der Waals surface area contributed by atoms with Crippen LogP contribution in [0.15, 0.2) is 30.6 Å². The first kappa shape index (κ1) is 16.8. The number of nitrogen functional groups attached to an aromatic ring is 1. The van der Waals surface area contributed by atoms with Crippen molar-refractivity contribution in [1.29, 1.82) is 0 Å². The maximum atomic E-state index is 14.3. The van der Waals surface area contributed by atoms with Crippen LogP contribution in [0.5, 0.6) is 5.75 Å². The molecule has 1 aliphatic carbocycles. The standard InChI is InChI=1S/C19H19F2N3O2/c20-14-5-6-15(22)17(21)16(14)18(25)13-9-24-19-12(13)7-11(8-23-19)26-10-3-1-2-4-10/h5-10,18,25H,1-4,22H2,(H,23,24). The summed E-state index contributed by atoms with van der Waals surface area (Å²) in [5.74, 6) is -1.24. The first-order valence-corrected chi connectivity index (χ1v) is 8.59. The van der Waals surface area contributed by atoms with Crippen molar-refractivity contribution in [2.45, 2.75) is 37.9 Å². The Kier molecular flexibility index (Phi) is 4.24. The van der Waals surface area contributed by atoms with Gasteiger partial charge in [0.05, 0.1) is 23.6 Å². The molecule has 2 aromatic heterocycles. The molecule has 4 rings (SSSR count). The predicted octanol–water partition coefficient (Wildman–Crippen LogP) is 3.83. The van der Waals surface area contributed by atoms with Gasteiger partial charge in [-0.25, -0.2) is 13.8 Å². The molecule has 0 amide bonds. The van der Waals surface area contributed by atoms with Gasteiger partial charge in [0.15, 0.2) is 5.82 Å². The predicted molar refractivity (Wildman–Crippen MR) is 93.8 cm³/mol. The van der Waals surface area contributed by atoms with Crippen molar-refractivity contribution in [3.8, 4) is 5.75 Å². The van der Waals surface area contributed by atoms with Crippen LogP contribution in [0.2, 0.25) is 0 Å². The molecule has 1 atom stereocenters. The van der Waals surface area contributed by atoms with Crippen LogP contribution in [0.25, 0.3) is 11.0 Å². The van der Waals surface area contributed by atoms with E-state index in [1.165, 1.54) is 6.20 Å². The molecular weight excluding hydrogens is 340 g/mol. The van der Waals surface area contributed by atoms with E-state index in [9.17, 15) is 13.9 Å². The average Bonchev–Trinajstić information content (AvgIpc) is 3.28. The van der Waals surface area contributed by atoms with Crippen LogP contribution >= 0.6 is 0 Å². The largest absolute Gasteiger partial charge is 0.489 e. The number of aromatic nitrogens is 2. The molecule has 136 valence electrons. The van der Waals surface area contributed by atoms with E-state index in [4.69, 9.17) is 10.5 Å². The highest BCUT2D eigenvalue weighted by Gasteiger charge is 2.25. The molecule has 0 bridgehead atoms. The lowest BCUT2D eigenvalue weighted by molar-refractivity contribution is 0.208. The van der Waals surface area contributed by atoms with E-state index in [1.54, 1.807) is 12.3 Å². The highest BCUT2D eigenvalue weighted by atomic mass is 19.1. The smallest absolute Gasteiger partial charge is 0.155 e. The Hall–Kier alpha value is -2.67. The molecule has 26 heavy (non-hydrogen) atoms. The summed E-state index contributed by atoms with van der Waals surface area (Å²) < 4.78 is 34.3. The molecule has 5 nitrogen and oxygen atoms in total. The number of nitrogens with two attached hydrogens (primary N) is 1. The number of aliphatic hydroxyl groups is 1. The third-order valence-electron chi connectivity index (χ3n) is 4.87. The van der Waals surface area contributed by atoms with Gasteiger partial charge < -0.3 is 20.6 Å².